The van der Waals surface area contributed by atoms with Gasteiger partial charge in [-0.05, 0) is 55.0 Å². The van der Waals surface area contributed by atoms with Gasteiger partial charge in [-0.2, -0.15) is 5.10 Å². The molecule has 0 aromatic heterocycles. The number of rotatable bonds is 7. The molecule has 2 aromatic carbocycles. The van der Waals surface area contributed by atoms with E-state index >= 15 is 0 Å². The summed E-state index contributed by atoms with van der Waals surface area (Å²) in [5.74, 6) is 0.710. The first-order valence-corrected chi connectivity index (χ1v) is 8.61. The Labute approximate surface area is 163 Å². The number of hydrogen-bond acceptors (Lipinski definition) is 5. The van der Waals surface area contributed by atoms with Crippen molar-refractivity contribution in [3.05, 3.63) is 53.6 Å². The lowest BCUT2D eigenvalue weighted by Crippen LogP contribution is -2.28. The Bertz CT molecular complexity index is 822. The van der Waals surface area contributed by atoms with E-state index in [1.807, 2.05) is 31.2 Å². The van der Waals surface area contributed by atoms with Gasteiger partial charge in [-0.3, -0.25) is 10.2 Å². The van der Waals surface area contributed by atoms with Crippen molar-refractivity contribution in [2.24, 2.45) is 5.10 Å². The Morgan fingerprint density at radius 3 is 2.59 bits per heavy atom. The molecule has 3 N–H and O–H groups in total. The number of carbonyl (C=O) groups is 1. The van der Waals surface area contributed by atoms with Crippen molar-refractivity contribution in [3.63, 3.8) is 0 Å². The topological polar surface area (TPSA) is 84.0 Å². The minimum absolute atomic E-state index is 0.129. The van der Waals surface area contributed by atoms with Crippen LogP contribution >= 0.6 is 12.2 Å². The second-order valence-corrected chi connectivity index (χ2v) is 5.97. The van der Waals surface area contributed by atoms with Crippen molar-refractivity contribution in [1.29, 1.82) is 0 Å². The zero-order valence-corrected chi connectivity index (χ0v) is 16.2. The predicted molar refractivity (Wildman–Crippen MR) is 111 cm³/mol. The van der Waals surface area contributed by atoms with Gasteiger partial charge in [0, 0.05) is 12.7 Å². The van der Waals surface area contributed by atoms with Crippen LogP contribution in [-0.4, -0.2) is 38.0 Å². The first kappa shape index (κ1) is 20.2. The van der Waals surface area contributed by atoms with Crippen LogP contribution in [-0.2, 0) is 4.79 Å². The Morgan fingerprint density at radius 2 is 1.93 bits per heavy atom. The highest BCUT2D eigenvalue weighted by Gasteiger charge is 2.09. The molecule has 0 radical (unpaired) electrons. The summed E-state index contributed by atoms with van der Waals surface area (Å²) in [4.78, 5) is 12.0. The molecule has 142 valence electrons. The lowest BCUT2D eigenvalue weighted by molar-refractivity contribution is -0.118. The minimum atomic E-state index is -0.253. The highest BCUT2D eigenvalue weighted by molar-refractivity contribution is 7.80. The second-order valence-electron chi connectivity index (χ2n) is 5.56. The predicted octanol–water partition coefficient (Wildman–Crippen LogP) is 2.45. The second kappa shape index (κ2) is 10.1. The summed E-state index contributed by atoms with van der Waals surface area (Å²) in [6.45, 7) is 1.86. The maximum Gasteiger partial charge on any atom is 0.262 e. The Morgan fingerprint density at radius 1 is 1.19 bits per heavy atom. The van der Waals surface area contributed by atoms with Crippen molar-refractivity contribution in [2.45, 2.75) is 6.92 Å². The number of benzene rings is 2. The van der Waals surface area contributed by atoms with Crippen LogP contribution in [0, 0.1) is 6.92 Å². The maximum absolute atomic E-state index is 12.0. The van der Waals surface area contributed by atoms with Crippen molar-refractivity contribution >= 4 is 35.1 Å². The number of thiocarbonyl (C=S) groups is 1. The van der Waals surface area contributed by atoms with Crippen LogP contribution < -0.4 is 25.5 Å². The van der Waals surface area contributed by atoms with E-state index in [-0.39, 0.29) is 12.5 Å². The summed E-state index contributed by atoms with van der Waals surface area (Å²) >= 11 is 4.93. The van der Waals surface area contributed by atoms with Crippen molar-refractivity contribution < 1.29 is 14.3 Å². The van der Waals surface area contributed by atoms with E-state index < -0.39 is 0 Å². The van der Waals surface area contributed by atoms with Gasteiger partial charge in [-0.25, -0.2) is 0 Å². The minimum Gasteiger partial charge on any atom is -0.493 e. The van der Waals surface area contributed by atoms with Crippen LogP contribution in [0.5, 0.6) is 11.5 Å². The summed E-state index contributed by atoms with van der Waals surface area (Å²) in [5.41, 5.74) is 5.30. The summed E-state index contributed by atoms with van der Waals surface area (Å²) in [6, 6.07) is 12.8. The fourth-order valence-electron chi connectivity index (χ4n) is 2.08. The van der Waals surface area contributed by atoms with Gasteiger partial charge >= 0.3 is 0 Å². The number of nitrogens with zero attached hydrogens (tertiary/aromatic N) is 1. The van der Waals surface area contributed by atoms with Crippen LogP contribution in [0.25, 0.3) is 0 Å². The molecule has 0 bridgehead atoms. The number of methoxy groups -OCH3 is 1. The van der Waals surface area contributed by atoms with Gasteiger partial charge in [0.15, 0.2) is 23.2 Å². The normalized spacial score (nSPS) is 10.3. The fraction of sp³-hybridized carbons (Fsp3) is 0.211. The van der Waals surface area contributed by atoms with E-state index in [2.05, 4.69) is 21.2 Å². The van der Waals surface area contributed by atoms with Gasteiger partial charge in [-0.15, -0.1) is 0 Å². The Balaban J connectivity index is 1.94. The standard InChI is InChI=1S/C19H22N4O3S/c1-13-4-7-15(8-5-13)22-18(24)12-26-16-9-6-14(10-17(16)25-3)11-21-23-19(27)20-2/h4-11H,12H2,1-3H3,(H,22,24)(H2,20,23,27)/b21-11+. The molecular weight excluding hydrogens is 364 g/mol. The van der Waals surface area contributed by atoms with Gasteiger partial charge in [0.05, 0.1) is 13.3 Å². The molecule has 0 unspecified atom stereocenters. The molecule has 0 aliphatic rings. The molecule has 8 heteroatoms. The zero-order valence-electron chi connectivity index (χ0n) is 15.4. The van der Waals surface area contributed by atoms with E-state index in [0.717, 1.165) is 16.8 Å². The molecule has 0 heterocycles. The number of aryl methyl sites for hydroxylation is 1. The third-order valence-corrected chi connectivity index (χ3v) is 3.78. The van der Waals surface area contributed by atoms with Crippen LogP contribution in [0.1, 0.15) is 11.1 Å². The van der Waals surface area contributed by atoms with Gasteiger partial charge in [0.1, 0.15) is 0 Å². The van der Waals surface area contributed by atoms with Crippen molar-refractivity contribution in [2.75, 3.05) is 26.1 Å². The van der Waals surface area contributed by atoms with E-state index in [9.17, 15) is 4.79 Å². The third kappa shape index (κ3) is 6.59. The molecule has 0 saturated heterocycles. The SMILES string of the molecule is CNC(=S)N/N=C/c1ccc(OCC(=O)Nc2ccc(C)cc2)c(OC)c1. The number of ether oxygens (including phenoxy) is 2. The Hall–Kier alpha value is -3.13. The number of anilines is 1. The third-order valence-electron chi connectivity index (χ3n) is 3.49. The smallest absolute Gasteiger partial charge is 0.262 e. The molecule has 27 heavy (non-hydrogen) atoms. The Kier molecular flexibility index (Phi) is 7.57. The molecule has 1 amide bonds. The fourth-order valence-corrected chi connectivity index (χ4v) is 2.14. The average Bonchev–Trinajstić information content (AvgIpc) is 2.68. The van der Waals surface area contributed by atoms with E-state index in [4.69, 9.17) is 21.7 Å². The average molecular weight is 386 g/mol. The molecule has 0 saturated carbocycles. The maximum atomic E-state index is 12.0. The summed E-state index contributed by atoms with van der Waals surface area (Å²) < 4.78 is 10.9. The lowest BCUT2D eigenvalue weighted by atomic mass is 10.2. The summed E-state index contributed by atoms with van der Waals surface area (Å²) in [5, 5.41) is 9.95. The highest BCUT2D eigenvalue weighted by Crippen LogP contribution is 2.27. The first-order valence-electron chi connectivity index (χ1n) is 8.20. The van der Waals surface area contributed by atoms with Gasteiger partial charge in [0.2, 0.25) is 0 Å². The molecule has 2 rings (SSSR count). The molecule has 2 aromatic rings. The summed E-state index contributed by atoms with van der Waals surface area (Å²) in [6.07, 6.45) is 1.60. The van der Waals surface area contributed by atoms with E-state index in [0.29, 0.717) is 16.6 Å². The number of hydrogen-bond donors (Lipinski definition) is 3. The molecule has 0 fully saturated rings. The van der Waals surface area contributed by atoms with Crippen LogP contribution in [0.4, 0.5) is 5.69 Å². The molecule has 0 aliphatic carbocycles. The number of amides is 1. The van der Waals surface area contributed by atoms with Gasteiger partial charge in [-0.1, -0.05) is 17.7 Å². The monoisotopic (exact) mass is 386 g/mol. The number of hydrazone groups is 1. The van der Waals surface area contributed by atoms with Gasteiger partial charge < -0.3 is 20.1 Å². The molecule has 0 aliphatic heterocycles. The summed E-state index contributed by atoms with van der Waals surface area (Å²) in [7, 11) is 3.23. The van der Waals surface area contributed by atoms with Crippen molar-refractivity contribution in [1.82, 2.24) is 10.7 Å². The van der Waals surface area contributed by atoms with E-state index in [1.165, 1.54) is 7.11 Å². The van der Waals surface area contributed by atoms with Crippen LogP contribution in [0.15, 0.2) is 47.6 Å². The quantitative estimate of drug-likeness (QED) is 0.385. The first-order chi connectivity index (χ1) is 13.0. The van der Waals surface area contributed by atoms with E-state index in [1.54, 1.807) is 31.5 Å². The largest absolute Gasteiger partial charge is 0.493 e. The lowest BCUT2D eigenvalue weighted by Gasteiger charge is -2.11. The highest BCUT2D eigenvalue weighted by atomic mass is 32.1. The van der Waals surface area contributed by atoms with Crippen molar-refractivity contribution in [3.8, 4) is 11.5 Å². The number of nitrogens with one attached hydrogen (secondary N) is 3. The molecular formula is C19H22N4O3S. The zero-order chi connectivity index (χ0) is 19.6. The number of carbonyl (C=O) groups excluding carboxylic acids is 1. The van der Waals surface area contributed by atoms with Crippen LogP contribution in [0.2, 0.25) is 0 Å². The van der Waals surface area contributed by atoms with Crippen LogP contribution in [0.3, 0.4) is 0 Å². The molecule has 0 atom stereocenters. The molecule has 7 nitrogen and oxygen atoms in total. The van der Waals surface area contributed by atoms with Gasteiger partial charge in [0.25, 0.3) is 5.91 Å². The molecule has 0 spiro atoms.